The molecule has 0 spiro atoms. The van der Waals surface area contributed by atoms with E-state index in [2.05, 4.69) is 20.5 Å². The number of amides is 1. The Morgan fingerprint density at radius 3 is 2.94 bits per heavy atom. The van der Waals surface area contributed by atoms with Gasteiger partial charge in [0.05, 0.1) is 0 Å². The van der Waals surface area contributed by atoms with E-state index in [-0.39, 0.29) is 11.8 Å². The van der Waals surface area contributed by atoms with Crippen LogP contribution in [0.3, 0.4) is 0 Å². The van der Waals surface area contributed by atoms with E-state index < -0.39 is 5.91 Å². The van der Waals surface area contributed by atoms with Crippen LogP contribution in [0.5, 0.6) is 0 Å². The lowest BCUT2D eigenvalue weighted by molar-refractivity contribution is -0.111. The Morgan fingerprint density at radius 2 is 2.24 bits per heavy atom. The van der Waals surface area contributed by atoms with E-state index in [1.165, 1.54) is 24.5 Å². The third-order valence-corrected chi connectivity index (χ3v) is 1.98. The van der Waals surface area contributed by atoms with Crippen LogP contribution in [0.1, 0.15) is 5.56 Å². The first-order chi connectivity index (χ1) is 8.25. The zero-order chi connectivity index (χ0) is 12.1. The summed E-state index contributed by atoms with van der Waals surface area (Å²) < 4.78 is 13.2. The zero-order valence-electron chi connectivity index (χ0n) is 8.72. The number of H-pyrrole nitrogens is 1. The number of halogens is 1. The van der Waals surface area contributed by atoms with Crippen LogP contribution in [-0.2, 0) is 4.79 Å². The molecule has 1 amide bonds. The number of hydrogen-bond acceptors (Lipinski definition) is 3. The number of carbonyl (C=O) groups excluding carboxylic acids is 1. The highest BCUT2D eigenvalue weighted by Gasteiger charge is 2.00. The van der Waals surface area contributed by atoms with Gasteiger partial charge in [0.15, 0.2) is 0 Å². The van der Waals surface area contributed by atoms with Crippen LogP contribution in [0, 0.1) is 5.82 Å². The minimum atomic E-state index is -0.412. The average Bonchev–Trinajstić information content (AvgIpc) is 2.81. The van der Waals surface area contributed by atoms with E-state index in [0.717, 1.165) is 0 Å². The summed E-state index contributed by atoms with van der Waals surface area (Å²) in [4.78, 5) is 15.1. The summed E-state index contributed by atoms with van der Waals surface area (Å²) in [5.41, 5.74) is 0.347. The second-order valence-corrected chi connectivity index (χ2v) is 3.18. The number of carbonyl (C=O) groups is 1. The zero-order valence-corrected chi connectivity index (χ0v) is 8.72. The molecule has 0 atom stereocenters. The van der Waals surface area contributed by atoms with E-state index in [4.69, 9.17) is 0 Å². The summed E-state index contributed by atoms with van der Waals surface area (Å²) in [5.74, 6) is -0.547. The summed E-state index contributed by atoms with van der Waals surface area (Å²) >= 11 is 0. The molecule has 1 aromatic heterocycles. The minimum absolute atomic E-state index is 0.244. The quantitative estimate of drug-likeness (QED) is 0.789. The molecule has 0 saturated carbocycles. The predicted octanol–water partition coefficient (Wildman–Crippen LogP) is 1.60. The third kappa shape index (κ3) is 2.97. The fourth-order valence-electron chi connectivity index (χ4n) is 1.20. The van der Waals surface area contributed by atoms with E-state index >= 15 is 0 Å². The standard InChI is InChI=1S/C11H9FN4O/c12-9-4-2-1-3-8(9)5-6-10(17)15-11-13-7-14-16-11/h1-7H,(H2,13,14,15,16,17). The Kier molecular flexibility index (Phi) is 3.25. The van der Waals surface area contributed by atoms with Crippen molar-refractivity contribution in [1.82, 2.24) is 15.2 Å². The molecule has 17 heavy (non-hydrogen) atoms. The first-order valence-electron chi connectivity index (χ1n) is 4.84. The normalized spacial score (nSPS) is 10.6. The molecular weight excluding hydrogens is 223 g/mol. The maximum Gasteiger partial charge on any atom is 0.250 e. The molecule has 0 unspecified atom stereocenters. The fraction of sp³-hybridized carbons (Fsp3) is 0. The molecular formula is C11H9FN4O. The van der Waals surface area contributed by atoms with Gasteiger partial charge < -0.3 is 0 Å². The van der Waals surface area contributed by atoms with Crippen LogP contribution in [0.15, 0.2) is 36.7 Å². The molecule has 2 rings (SSSR count). The van der Waals surface area contributed by atoms with E-state index in [1.807, 2.05) is 0 Å². The van der Waals surface area contributed by atoms with Crippen LogP contribution in [-0.4, -0.2) is 21.1 Å². The molecule has 0 aliphatic carbocycles. The molecule has 0 fully saturated rings. The van der Waals surface area contributed by atoms with E-state index in [9.17, 15) is 9.18 Å². The first kappa shape index (κ1) is 11.0. The summed E-state index contributed by atoms with van der Waals surface area (Å²) in [5, 5.41) is 8.48. The van der Waals surface area contributed by atoms with Gasteiger partial charge in [-0.1, -0.05) is 18.2 Å². The number of aromatic amines is 1. The van der Waals surface area contributed by atoms with Gasteiger partial charge in [-0.2, -0.15) is 10.1 Å². The molecule has 5 nitrogen and oxygen atoms in total. The van der Waals surface area contributed by atoms with E-state index in [0.29, 0.717) is 5.56 Å². The van der Waals surface area contributed by atoms with Gasteiger partial charge in [0.1, 0.15) is 12.1 Å². The number of anilines is 1. The Balaban J connectivity index is 2.01. The van der Waals surface area contributed by atoms with Crippen molar-refractivity contribution >= 4 is 17.9 Å². The van der Waals surface area contributed by atoms with Gasteiger partial charge in [-0.3, -0.25) is 10.1 Å². The van der Waals surface area contributed by atoms with Gasteiger partial charge >= 0.3 is 0 Å². The second kappa shape index (κ2) is 5.02. The lowest BCUT2D eigenvalue weighted by Gasteiger charge is -1.96. The maximum atomic E-state index is 13.2. The molecule has 86 valence electrons. The maximum absolute atomic E-state index is 13.2. The molecule has 0 aliphatic rings. The monoisotopic (exact) mass is 232 g/mol. The fourth-order valence-corrected chi connectivity index (χ4v) is 1.20. The molecule has 2 N–H and O–H groups in total. The molecule has 0 radical (unpaired) electrons. The minimum Gasteiger partial charge on any atom is -0.291 e. The number of hydrogen-bond donors (Lipinski definition) is 2. The highest BCUT2D eigenvalue weighted by atomic mass is 19.1. The Bertz CT molecular complexity index is 536. The second-order valence-electron chi connectivity index (χ2n) is 3.18. The van der Waals surface area contributed by atoms with Gasteiger partial charge in [0, 0.05) is 11.6 Å². The molecule has 0 saturated heterocycles. The number of nitrogens with zero attached hydrogens (tertiary/aromatic N) is 2. The number of rotatable bonds is 3. The third-order valence-electron chi connectivity index (χ3n) is 1.98. The molecule has 0 bridgehead atoms. The molecule has 2 aromatic rings. The van der Waals surface area contributed by atoms with Gasteiger partial charge in [-0.15, -0.1) is 0 Å². The number of aromatic nitrogens is 3. The molecule has 6 heteroatoms. The average molecular weight is 232 g/mol. The van der Waals surface area contributed by atoms with Gasteiger partial charge in [-0.25, -0.2) is 9.49 Å². The highest BCUT2D eigenvalue weighted by Crippen LogP contribution is 2.08. The van der Waals surface area contributed by atoms with Crippen molar-refractivity contribution in [2.24, 2.45) is 0 Å². The van der Waals surface area contributed by atoms with Crippen molar-refractivity contribution in [3.05, 3.63) is 48.0 Å². The number of nitrogens with one attached hydrogen (secondary N) is 2. The highest BCUT2D eigenvalue weighted by molar-refractivity contribution is 6.00. The van der Waals surface area contributed by atoms with Crippen LogP contribution < -0.4 is 5.32 Å². The van der Waals surface area contributed by atoms with Gasteiger partial charge in [0.25, 0.3) is 5.91 Å². The van der Waals surface area contributed by atoms with Crippen LogP contribution in [0.25, 0.3) is 6.08 Å². The topological polar surface area (TPSA) is 70.7 Å². The predicted molar refractivity (Wildman–Crippen MR) is 60.4 cm³/mol. The van der Waals surface area contributed by atoms with Crippen molar-refractivity contribution in [1.29, 1.82) is 0 Å². The molecule has 1 heterocycles. The summed E-state index contributed by atoms with van der Waals surface area (Å²) in [6.07, 6.45) is 3.89. The van der Waals surface area contributed by atoms with Crippen LogP contribution in [0.4, 0.5) is 10.3 Å². The Labute approximate surface area is 96.4 Å². The SMILES string of the molecule is O=C(C=Cc1ccccc1F)Nc1ncn[nH]1. The smallest absolute Gasteiger partial charge is 0.250 e. The van der Waals surface area contributed by atoms with Crippen molar-refractivity contribution in [3.8, 4) is 0 Å². The molecule has 0 aliphatic heterocycles. The van der Waals surface area contributed by atoms with E-state index in [1.54, 1.807) is 18.2 Å². The van der Waals surface area contributed by atoms with Crippen molar-refractivity contribution in [2.75, 3.05) is 5.32 Å². The summed E-state index contributed by atoms with van der Waals surface area (Å²) in [6.45, 7) is 0. The van der Waals surface area contributed by atoms with Crippen LogP contribution >= 0.6 is 0 Å². The van der Waals surface area contributed by atoms with Crippen molar-refractivity contribution < 1.29 is 9.18 Å². The number of benzene rings is 1. The van der Waals surface area contributed by atoms with Gasteiger partial charge in [-0.05, 0) is 12.1 Å². The van der Waals surface area contributed by atoms with Crippen molar-refractivity contribution in [3.63, 3.8) is 0 Å². The lowest BCUT2D eigenvalue weighted by atomic mass is 10.2. The largest absolute Gasteiger partial charge is 0.291 e. The first-order valence-corrected chi connectivity index (χ1v) is 4.84. The van der Waals surface area contributed by atoms with Crippen molar-refractivity contribution in [2.45, 2.75) is 0 Å². The summed E-state index contributed by atoms with van der Waals surface area (Å²) in [6, 6.07) is 6.18. The Morgan fingerprint density at radius 1 is 1.41 bits per heavy atom. The Hall–Kier alpha value is -2.50. The molecule has 1 aromatic carbocycles. The van der Waals surface area contributed by atoms with Gasteiger partial charge in [0.2, 0.25) is 5.95 Å². The lowest BCUT2D eigenvalue weighted by Crippen LogP contribution is -2.09. The summed E-state index contributed by atoms with van der Waals surface area (Å²) in [7, 11) is 0. The van der Waals surface area contributed by atoms with Crippen LogP contribution in [0.2, 0.25) is 0 Å².